The van der Waals surface area contributed by atoms with Crippen molar-refractivity contribution < 1.29 is 4.74 Å². The SMILES string of the molecule is CCNC(C)c1cccnc1Oc1cnn(C(C)C)c1. The summed E-state index contributed by atoms with van der Waals surface area (Å²) in [5.41, 5.74) is 1.05. The van der Waals surface area contributed by atoms with Gasteiger partial charge in [-0.3, -0.25) is 4.68 Å². The Hall–Kier alpha value is -1.88. The maximum atomic E-state index is 5.87. The van der Waals surface area contributed by atoms with Crippen LogP contribution in [0.5, 0.6) is 11.6 Å². The van der Waals surface area contributed by atoms with Crippen LogP contribution < -0.4 is 10.1 Å². The monoisotopic (exact) mass is 274 g/mol. The Labute approximate surface area is 120 Å². The second-order valence-corrected chi connectivity index (χ2v) is 5.03. The summed E-state index contributed by atoms with van der Waals surface area (Å²) in [7, 11) is 0. The molecule has 0 aliphatic rings. The van der Waals surface area contributed by atoms with Gasteiger partial charge in [-0.2, -0.15) is 5.10 Å². The number of aromatic nitrogens is 3. The van der Waals surface area contributed by atoms with E-state index in [1.165, 1.54) is 0 Å². The van der Waals surface area contributed by atoms with Crippen molar-refractivity contribution in [1.82, 2.24) is 20.1 Å². The van der Waals surface area contributed by atoms with Crippen molar-refractivity contribution in [3.05, 3.63) is 36.3 Å². The van der Waals surface area contributed by atoms with Crippen LogP contribution in [0.4, 0.5) is 0 Å². The zero-order valence-electron chi connectivity index (χ0n) is 12.5. The first-order valence-electron chi connectivity index (χ1n) is 7.02. The van der Waals surface area contributed by atoms with E-state index in [9.17, 15) is 0 Å². The molecule has 2 heterocycles. The molecular weight excluding hydrogens is 252 g/mol. The molecule has 1 unspecified atom stereocenters. The fourth-order valence-electron chi connectivity index (χ4n) is 2.00. The molecule has 5 nitrogen and oxygen atoms in total. The van der Waals surface area contributed by atoms with Gasteiger partial charge in [0.05, 0.1) is 12.4 Å². The lowest BCUT2D eigenvalue weighted by Gasteiger charge is -2.15. The van der Waals surface area contributed by atoms with Gasteiger partial charge in [-0.25, -0.2) is 4.98 Å². The van der Waals surface area contributed by atoms with E-state index in [0.717, 1.165) is 12.1 Å². The van der Waals surface area contributed by atoms with Gasteiger partial charge in [0.15, 0.2) is 5.75 Å². The van der Waals surface area contributed by atoms with Gasteiger partial charge in [0.25, 0.3) is 0 Å². The minimum Gasteiger partial charge on any atom is -0.435 e. The number of hydrogen-bond acceptors (Lipinski definition) is 4. The van der Waals surface area contributed by atoms with Gasteiger partial charge < -0.3 is 10.1 Å². The van der Waals surface area contributed by atoms with Crippen LogP contribution in [0.15, 0.2) is 30.7 Å². The van der Waals surface area contributed by atoms with Gasteiger partial charge in [-0.1, -0.05) is 13.0 Å². The summed E-state index contributed by atoms with van der Waals surface area (Å²) >= 11 is 0. The van der Waals surface area contributed by atoms with Gasteiger partial charge in [0, 0.05) is 23.8 Å². The Balaban J connectivity index is 2.19. The lowest BCUT2D eigenvalue weighted by atomic mass is 10.1. The zero-order chi connectivity index (χ0) is 14.5. The Kier molecular flexibility index (Phi) is 4.74. The maximum Gasteiger partial charge on any atom is 0.224 e. The standard InChI is InChI=1S/C15H22N4O/c1-5-16-12(4)14-7-6-8-17-15(14)20-13-9-18-19(10-13)11(2)3/h6-12,16H,5H2,1-4H3. The van der Waals surface area contributed by atoms with Crippen molar-refractivity contribution in [1.29, 1.82) is 0 Å². The molecule has 20 heavy (non-hydrogen) atoms. The van der Waals surface area contributed by atoms with Crippen molar-refractivity contribution in [3.63, 3.8) is 0 Å². The first-order valence-corrected chi connectivity index (χ1v) is 7.02. The second-order valence-electron chi connectivity index (χ2n) is 5.03. The van der Waals surface area contributed by atoms with E-state index in [-0.39, 0.29) is 6.04 Å². The number of nitrogens with zero attached hydrogens (tertiary/aromatic N) is 3. The fraction of sp³-hybridized carbons (Fsp3) is 0.467. The van der Waals surface area contributed by atoms with Crippen molar-refractivity contribution >= 4 is 0 Å². The van der Waals surface area contributed by atoms with Crippen LogP contribution in [0.2, 0.25) is 0 Å². The quantitative estimate of drug-likeness (QED) is 0.878. The molecule has 0 radical (unpaired) electrons. The molecule has 0 aliphatic heterocycles. The van der Waals surface area contributed by atoms with E-state index in [4.69, 9.17) is 4.74 Å². The molecule has 1 N–H and O–H groups in total. The number of hydrogen-bond donors (Lipinski definition) is 1. The summed E-state index contributed by atoms with van der Waals surface area (Å²) in [6.45, 7) is 9.25. The molecule has 2 aromatic heterocycles. The molecule has 108 valence electrons. The highest BCUT2D eigenvalue weighted by atomic mass is 16.5. The summed E-state index contributed by atoms with van der Waals surface area (Å²) in [5.74, 6) is 1.34. The van der Waals surface area contributed by atoms with E-state index in [0.29, 0.717) is 17.7 Å². The zero-order valence-corrected chi connectivity index (χ0v) is 12.5. The topological polar surface area (TPSA) is 52.0 Å². The Bertz CT molecular complexity index is 550. The molecule has 0 fully saturated rings. The first kappa shape index (κ1) is 14.5. The van der Waals surface area contributed by atoms with E-state index >= 15 is 0 Å². The van der Waals surface area contributed by atoms with Crippen LogP contribution in [-0.2, 0) is 0 Å². The number of ether oxygens (including phenoxy) is 1. The van der Waals surface area contributed by atoms with Crippen molar-refractivity contribution in [2.24, 2.45) is 0 Å². The molecule has 2 rings (SSSR count). The van der Waals surface area contributed by atoms with Gasteiger partial charge in [0.1, 0.15) is 0 Å². The second kappa shape index (κ2) is 6.52. The molecule has 0 aliphatic carbocycles. The Morgan fingerprint density at radius 1 is 1.35 bits per heavy atom. The van der Waals surface area contributed by atoms with E-state index in [2.05, 4.69) is 43.1 Å². The van der Waals surface area contributed by atoms with Crippen molar-refractivity contribution in [2.75, 3.05) is 6.54 Å². The third-order valence-electron chi connectivity index (χ3n) is 3.10. The summed E-state index contributed by atoms with van der Waals surface area (Å²) in [5, 5.41) is 7.64. The average molecular weight is 274 g/mol. The largest absolute Gasteiger partial charge is 0.435 e. The van der Waals surface area contributed by atoms with Crippen LogP contribution in [-0.4, -0.2) is 21.3 Å². The molecule has 0 saturated heterocycles. The Morgan fingerprint density at radius 2 is 2.15 bits per heavy atom. The lowest BCUT2D eigenvalue weighted by Crippen LogP contribution is -2.18. The first-order chi connectivity index (χ1) is 9.61. The molecule has 0 amide bonds. The minimum absolute atomic E-state index is 0.198. The van der Waals surface area contributed by atoms with Crippen LogP contribution in [0.3, 0.4) is 0 Å². The van der Waals surface area contributed by atoms with Crippen molar-refractivity contribution in [3.8, 4) is 11.6 Å². The third-order valence-corrected chi connectivity index (χ3v) is 3.10. The summed E-state index contributed by atoms with van der Waals surface area (Å²) < 4.78 is 7.74. The normalized spacial score (nSPS) is 12.7. The number of rotatable bonds is 6. The van der Waals surface area contributed by atoms with Gasteiger partial charge >= 0.3 is 0 Å². The summed E-state index contributed by atoms with van der Waals surface area (Å²) in [6.07, 6.45) is 5.35. The van der Waals surface area contributed by atoms with Crippen LogP contribution >= 0.6 is 0 Å². The summed E-state index contributed by atoms with van der Waals surface area (Å²) in [6, 6.07) is 4.47. The molecule has 0 aromatic carbocycles. The molecule has 0 saturated carbocycles. The predicted octanol–water partition coefficient (Wildman–Crippen LogP) is 3.32. The van der Waals surface area contributed by atoms with E-state index < -0.39 is 0 Å². The fourth-order valence-corrected chi connectivity index (χ4v) is 2.00. The van der Waals surface area contributed by atoms with Crippen LogP contribution in [0.1, 0.15) is 45.3 Å². The predicted molar refractivity (Wildman–Crippen MR) is 79.0 cm³/mol. The highest BCUT2D eigenvalue weighted by molar-refractivity contribution is 5.32. The van der Waals surface area contributed by atoms with Crippen LogP contribution in [0.25, 0.3) is 0 Å². The lowest BCUT2D eigenvalue weighted by molar-refractivity contribution is 0.441. The van der Waals surface area contributed by atoms with E-state index in [1.54, 1.807) is 12.4 Å². The van der Waals surface area contributed by atoms with Crippen molar-refractivity contribution in [2.45, 2.75) is 39.8 Å². The number of nitrogens with one attached hydrogen (secondary N) is 1. The highest BCUT2D eigenvalue weighted by Gasteiger charge is 2.13. The highest BCUT2D eigenvalue weighted by Crippen LogP contribution is 2.27. The van der Waals surface area contributed by atoms with Crippen LogP contribution in [0, 0.1) is 0 Å². The molecular formula is C15H22N4O. The molecule has 0 spiro atoms. The average Bonchev–Trinajstić information content (AvgIpc) is 2.88. The Morgan fingerprint density at radius 3 is 2.80 bits per heavy atom. The van der Waals surface area contributed by atoms with Gasteiger partial charge in [-0.15, -0.1) is 0 Å². The maximum absolute atomic E-state index is 5.87. The smallest absolute Gasteiger partial charge is 0.224 e. The van der Waals surface area contributed by atoms with Gasteiger partial charge in [0.2, 0.25) is 5.88 Å². The third kappa shape index (κ3) is 3.36. The molecule has 5 heteroatoms. The molecule has 2 aromatic rings. The molecule has 1 atom stereocenters. The molecule has 0 bridgehead atoms. The summed E-state index contributed by atoms with van der Waals surface area (Å²) in [4.78, 5) is 4.33. The van der Waals surface area contributed by atoms with E-state index in [1.807, 2.05) is 23.0 Å². The number of pyridine rings is 1. The van der Waals surface area contributed by atoms with Gasteiger partial charge in [-0.05, 0) is 33.4 Å². The minimum atomic E-state index is 0.198.